The lowest BCUT2D eigenvalue weighted by Crippen LogP contribution is -2.60. The number of urea groups is 1. The van der Waals surface area contributed by atoms with Crippen molar-refractivity contribution in [3.05, 3.63) is 65.2 Å². The zero-order valence-corrected chi connectivity index (χ0v) is 67.5. The lowest BCUT2D eigenvalue weighted by molar-refractivity contribution is -0.143. The van der Waals surface area contributed by atoms with Crippen LogP contribution in [-0.4, -0.2) is 202 Å². The Labute approximate surface area is 642 Å². The van der Waals surface area contributed by atoms with E-state index in [0.29, 0.717) is 68.7 Å². The molecule has 4 rings (SSSR count). The molecule has 2 aromatic carbocycles. The number of nitrogens with zero attached hydrogens (tertiary/aromatic N) is 3. The number of alkyl halides is 1. The Morgan fingerprint density at radius 2 is 1.37 bits per heavy atom. The zero-order valence-electron chi connectivity index (χ0n) is 65.4. The molecule has 3 unspecified atom stereocenters. The van der Waals surface area contributed by atoms with Crippen LogP contribution in [0.2, 0.25) is 0 Å². The molecule has 2 aliphatic rings. The Hall–Kier alpha value is -7.02. The molecule has 0 aromatic heterocycles. The van der Waals surface area contributed by atoms with Crippen molar-refractivity contribution in [3.63, 3.8) is 0 Å². The molecular formula is C78H126IN11O16. The third kappa shape index (κ3) is 27.6. The molecule has 2 saturated heterocycles. The van der Waals surface area contributed by atoms with Crippen molar-refractivity contribution in [2.24, 2.45) is 35.3 Å². The van der Waals surface area contributed by atoms with E-state index in [1.165, 1.54) is 31.7 Å². The smallest absolute Gasteiger partial charge is 0.410 e. The summed E-state index contributed by atoms with van der Waals surface area (Å²) in [5, 5.41) is 40.6. The third-order valence-electron chi connectivity index (χ3n) is 21.1. The fourth-order valence-corrected chi connectivity index (χ4v) is 15.0. The number of carbonyl (C=O) groups excluding carboxylic acids is 11. The lowest BCUT2D eigenvalue weighted by Gasteiger charge is -2.37. The summed E-state index contributed by atoms with van der Waals surface area (Å²) in [6.45, 7) is 20.5. The number of halogens is 1. The molecule has 12 amide bonds. The van der Waals surface area contributed by atoms with Crippen molar-refractivity contribution in [1.82, 2.24) is 46.6 Å². The lowest BCUT2D eigenvalue weighted by atomic mass is 9.84. The molecule has 596 valence electrons. The van der Waals surface area contributed by atoms with Crippen LogP contribution in [0.25, 0.3) is 0 Å². The summed E-state index contributed by atoms with van der Waals surface area (Å²) >= 11 is 2.37. The normalized spacial score (nSPS) is 18.2. The fourth-order valence-electron chi connectivity index (χ4n) is 14.1. The molecule has 2 heterocycles. The summed E-state index contributed by atoms with van der Waals surface area (Å²) in [7, 11) is 4.24. The molecule has 2 fully saturated rings. The quantitative estimate of drug-likeness (QED) is 0.0129. The Balaban J connectivity index is 1.33. The van der Waals surface area contributed by atoms with E-state index in [-0.39, 0.29) is 109 Å². The Kier molecular flexibility index (Phi) is 40.0. The number of methoxy groups -OCH3 is 2. The number of rotatable bonds is 48. The average Bonchev–Trinajstić information content (AvgIpc) is 1.63. The Morgan fingerprint density at radius 1 is 0.717 bits per heavy atom. The minimum atomic E-state index is -1.50. The first-order valence-corrected chi connectivity index (χ1v) is 39.5. The van der Waals surface area contributed by atoms with E-state index < -0.39 is 109 Å². The van der Waals surface area contributed by atoms with Crippen molar-refractivity contribution in [1.29, 1.82) is 0 Å². The largest absolute Gasteiger partial charge is 0.445 e. The molecule has 0 aliphatic carbocycles. The van der Waals surface area contributed by atoms with Gasteiger partial charge in [0.05, 0.1) is 61.8 Å². The minimum Gasteiger partial charge on any atom is -0.445 e. The number of likely N-dealkylation sites (N-methyl/N-ethyl adjacent to an activating group) is 1. The van der Waals surface area contributed by atoms with E-state index >= 15 is 0 Å². The molecule has 28 heteroatoms. The van der Waals surface area contributed by atoms with Gasteiger partial charge in [-0.15, -0.1) is 0 Å². The van der Waals surface area contributed by atoms with Crippen LogP contribution in [-0.2, 0) is 70.4 Å². The molecule has 0 spiro atoms. The average molecular weight is 1600 g/mol. The molecular weight excluding hydrogens is 1470 g/mol. The number of anilines is 1. The number of benzene rings is 2. The Bertz CT molecular complexity index is 3150. The van der Waals surface area contributed by atoms with E-state index in [1.807, 2.05) is 13.8 Å². The highest BCUT2D eigenvalue weighted by Gasteiger charge is 2.49. The van der Waals surface area contributed by atoms with Gasteiger partial charge in [-0.3, -0.25) is 53.0 Å². The van der Waals surface area contributed by atoms with E-state index in [1.54, 1.807) is 63.8 Å². The molecule has 0 radical (unpaired) electrons. The molecule has 11 N–H and O–H groups in total. The van der Waals surface area contributed by atoms with Crippen LogP contribution in [0.3, 0.4) is 0 Å². The van der Waals surface area contributed by atoms with Crippen LogP contribution in [0.15, 0.2) is 48.5 Å². The summed E-state index contributed by atoms with van der Waals surface area (Å²) in [6.07, 6.45) is 8.65. The summed E-state index contributed by atoms with van der Waals surface area (Å²) in [5.74, 6) is -5.59. The van der Waals surface area contributed by atoms with Crippen molar-refractivity contribution >= 4 is 93.6 Å². The van der Waals surface area contributed by atoms with Gasteiger partial charge in [0.15, 0.2) is 0 Å². The maximum absolute atomic E-state index is 14.5. The second kappa shape index (κ2) is 46.4. The number of hydrogen-bond acceptors (Lipinski definition) is 16. The van der Waals surface area contributed by atoms with E-state index in [9.17, 15) is 63.0 Å². The predicted molar refractivity (Wildman–Crippen MR) is 415 cm³/mol. The number of likely N-dealkylation sites (tertiary alicyclic amines) is 2. The molecule has 106 heavy (non-hydrogen) atoms. The summed E-state index contributed by atoms with van der Waals surface area (Å²) < 4.78 is 17.3. The highest BCUT2D eigenvalue weighted by atomic mass is 127. The number of ether oxygens (including phenoxy) is 3. The fraction of sp³-hybridized carbons (Fsp3) is 0.705. The number of nitrogens with one attached hydrogen (secondary N) is 7. The highest BCUT2D eigenvalue weighted by molar-refractivity contribution is 14.1. The van der Waals surface area contributed by atoms with Crippen LogP contribution in [0.1, 0.15) is 214 Å². The van der Waals surface area contributed by atoms with Gasteiger partial charge in [0, 0.05) is 62.9 Å². The number of nitrogens with two attached hydrogens (primary N) is 1. The minimum absolute atomic E-state index is 0.0688. The maximum atomic E-state index is 14.5. The molecule has 0 saturated carbocycles. The van der Waals surface area contributed by atoms with Crippen molar-refractivity contribution < 1.29 is 77.2 Å². The number of hydrogen-bond donors (Lipinski definition) is 10. The summed E-state index contributed by atoms with van der Waals surface area (Å²) in [5.41, 5.74) is 8.31. The summed E-state index contributed by atoms with van der Waals surface area (Å²) in [6, 6.07) is 7.27. The van der Waals surface area contributed by atoms with Gasteiger partial charge < -0.3 is 72.3 Å². The van der Waals surface area contributed by atoms with E-state index in [2.05, 4.69) is 112 Å². The first-order valence-electron chi connectivity index (χ1n) is 38.4. The number of primary amides is 1. The maximum Gasteiger partial charge on any atom is 0.410 e. The molecule has 2 aliphatic heterocycles. The molecule has 14 atom stereocenters. The number of aliphatic hydroxyl groups is 2. The van der Waals surface area contributed by atoms with Gasteiger partial charge in [0.2, 0.25) is 53.2 Å². The van der Waals surface area contributed by atoms with Crippen molar-refractivity contribution in [2.75, 3.05) is 59.4 Å². The van der Waals surface area contributed by atoms with Crippen molar-refractivity contribution in [3.8, 4) is 0 Å². The molecule has 0 bridgehead atoms. The van der Waals surface area contributed by atoms with Crippen LogP contribution in [0.4, 0.5) is 15.3 Å². The monoisotopic (exact) mass is 1600 g/mol. The van der Waals surface area contributed by atoms with Gasteiger partial charge in [-0.05, 0) is 123 Å². The topological polar surface area (TPSA) is 376 Å². The first-order chi connectivity index (χ1) is 50.4. The number of imide groups is 1. The van der Waals surface area contributed by atoms with Gasteiger partial charge in [-0.2, -0.15) is 0 Å². The molecule has 27 nitrogen and oxygen atoms in total. The van der Waals surface area contributed by atoms with Gasteiger partial charge >= 0.3 is 12.1 Å². The zero-order chi connectivity index (χ0) is 79.0. The highest BCUT2D eigenvalue weighted by Crippen LogP contribution is 2.43. The predicted octanol–water partition coefficient (Wildman–Crippen LogP) is 8.07. The van der Waals surface area contributed by atoms with Gasteiger partial charge in [0.25, 0.3) is 0 Å². The summed E-state index contributed by atoms with van der Waals surface area (Å²) in [4.78, 5) is 153. The van der Waals surface area contributed by atoms with Crippen LogP contribution < -0.4 is 43.0 Å². The second-order valence-electron chi connectivity index (χ2n) is 29.4. The number of unbranched alkanes of at least 4 members (excludes halogenated alkanes) is 3. The first kappa shape index (κ1) is 91.4. The van der Waals surface area contributed by atoms with Gasteiger partial charge in [-0.1, -0.05) is 167 Å². The molecule has 2 aromatic rings. The third-order valence-corrected chi connectivity index (χ3v) is 23.1. The number of aliphatic hydroxyl groups excluding tert-OH is 2. The SMILES string of the molecule is CCCCC(I)(CC)C1CC(=O)N(CCCCCC(=O)N[C@H](C(=O)N[C@@H](CCCNC(N)=O)C(=O)Nc2ccc(COC(=O)N(C)[C@@H](CO)C(=O)N[C@H](C(=O)N[C@@H]([C@@H](C)CC)[C@@H](CC(=O)N3CCC[C@H]3[C@H](OC)[C@@H](C)C(=O)N[C@H](CO)Cc3ccc(C(CC)CCC)cc3)OC)C(C)C)cc2)C(C)C)C1=O. The van der Waals surface area contributed by atoms with Crippen LogP contribution in [0.5, 0.6) is 0 Å². The van der Waals surface area contributed by atoms with E-state index in [4.69, 9.17) is 19.9 Å². The van der Waals surface area contributed by atoms with Crippen molar-refractivity contribution in [2.45, 2.75) is 269 Å². The second-order valence-corrected chi connectivity index (χ2v) is 31.6. The standard InChI is InChI=1S/C78H126IN11O16/c1-15-20-38-78(79,19-5)58-43-64(94)90(75(58)101)40-23-21-22-29-63(93)85-66(48(6)7)73(99)84-59(27-24-39-81-76(80)102)71(97)82-56-36-32-53(33-37-56)47-106-77(103)88(12)61(46-92)72(98)86-67(49(8)9)74(100)87-68(50(10)17-3)62(104-13)44-65(95)89-41-25-28-60(89)69(105-14)51(11)70(96)83-57(45-91)42-52-30-34-55(35-31-52)54(18-4)26-16-2/h30-37,48-51,54,57-62,66-69,91-92H,15-29,38-47H2,1-14H3,(H,82,97)(H,83,96)(H,84,99)(H,85,93)(H,86,98)(H,87,100)(H3,80,81,102)/t50-,51+,54?,57-,58?,59-,60-,61-,62+,66-,67-,68-,69+,78?/m0/s1. The van der Waals surface area contributed by atoms with Crippen LogP contribution >= 0.6 is 22.6 Å². The van der Waals surface area contributed by atoms with Gasteiger partial charge in [-0.25, -0.2) is 9.59 Å². The number of amides is 12. The Morgan fingerprint density at radius 3 is 1.94 bits per heavy atom. The number of carbonyl (C=O) groups is 11. The van der Waals surface area contributed by atoms with Crippen LogP contribution in [0, 0.1) is 29.6 Å². The van der Waals surface area contributed by atoms with E-state index in [0.717, 1.165) is 55.4 Å². The van der Waals surface area contributed by atoms with Gasteiger partial charge in [0.1, 0.15) is 30.8 Å².